The maximum Gasteiger partial charge on any atom is 0.155 e. The molecule has 0 spiro atoms. The van der Waals surface area contributed by atoms with E-state index >= 15 is 0 Å². The number of aromatic nitrogens is 5. The molecule has 0 saturated heterocycles. The van der Waals surface area contributed by atoms with E-state index in [1.54, 1.807) is 15.6 Å². The summed E-state index contributed by atoms with van der Waals surface area (Å²) in [4.78, 5) is 4.65. The molecule has 4 aromatic rings. The van der Waals surface area contributed by atoms with Crippen LogP contribution in [0.15, 0.2) is 61.1 Å². The Hall–Kier alpha value is -3.21. The minimum atomic E-state index is 0.765. The van der Waals surface area contributed by atoms with Gasteiger partial charge in [-0.3, -0.25) is 0 Å². The van der Waals surface area contributed by atoms with Crippen molar-refractivity contribution >= 4 is 0 Å². The van der Waals surface area contributed by atoms with E-state index in [2.05, 4.69) is 43.0 Å². The predicted octanol–water partition coefficient (Wildman–Crippen LogP) is 4.05. The first-order valence-electron chi connectivity index (χ1n) is 8.23. The summed E-state index contributed by atoms with van der Waals surface area (Å²) in [6.07, 6.45) is 5.56. The maximum absolute atomic E-state index is 4.75. The average molecular weight is 329 g/mol. The zero-order valence-electron chi connectivity index (χ0n) is 14.5. The molecule has 0 aliphatic rings. The molecule has 3 heterocycles. The summed E-state index contributed by atoms with van der Waals surface area (Å²) in [5, 5.41) is 8.98. The summed E-state index contributed by atoms with van der Waals surface area (Å²) < 4.78 is 3.54. The molecular weight excluding hydrogens is 310 g/mol. The Morgan fingerprint density at radius 1 is 0.800 bits per heavy atom. The van der Waals surface area contributed by atoms with Crippen LogP contribution in [0.25, 0.3) is 22.9 Å². The number of benzene rings is 1. The van der Waals surface area contributed by atoms with Crippen LogP contribution in [0, 0.1) is 20.8 Å². The Morgan fingerprint density at radius 2 is 1.52 bits per heavy atom. The van der Waals surface area contributed by atoms with Gasteiger partial charge in [0.2, 0.25) is 0 Å². The molecule has 5 nitrogen and oxygen atoms in total. The number of hydrogen-bond donors (Lipinski definition) is 0. The van der Waals surface area contributed by atoms with Gasteiger partial charge in [-0.05, 0) is 56.2 Å². The quantitative estimate of drug-likeness (QED) is 0.570. The molecule has 0 aliphatic heterocycles. The van der Waals surface area contributed by atoms with Crippen LogP contribution in [0.3, 0.4) is 0 Å². The van der Waals surface area contributed by atoms with Crippen molar-refractivity contribution in [2.45, 2.75) is 20.8 Å². The SMILES string of the molecule is Cc1cc(C)c(-c2ccn(-c3cccc(-n4cccn4)n3)n2)c(C)c1. The highest BCUT2D eigenvalue weighted by atomic mass is 15.3. The standard InChI is InChI=1S/C20H19N5/c1-14-12-15(2)20(16(3)13-14)17-8-11-25(23-17)19-7-4-6-18(22-19)24-10-5-9-21-24/h4-13H,1-3H3. The zero-order valence-corrected chi connectivity index (χ0v) is 14.5. The molecular formula is C20H19N5. The van der Waals surface area contributed by atoms with Gasteiger partial charge in [0.25, 0.3) is 0 Å². The fraction of sp³-hybridized carbons (Fsp3) is 0.150. The van der Waals surface area contributed by atoms with Crippen molar-refractivity contribution in [3.63, 3.8) is 0 Å². The summed E-state index contributed by atoms with van der Waals surface area (Å²) in [6.45, 7) is 6.38. The lowest BCUT2D eigenvalue weighted by Gasteiger charge is -2.09. The Balaban J connectivity index is 1.74. The lowest BCUT2D eigenvalue weighted by molar-refractivity contribution is 0.805. The van der Waals surface area contributed by atoms with Gasteiger partial charge < -0.3 is 0 Å². The smallest absolute Gasteiger partial charge is 0.155 e. The number of hydrogen-bond acceptors (Lipinski definition) is 3. The van der Waals surface area contributed by atoms with Crippen molar-refractivity contribution in [3.8, 4) is 22.9 Å². The van der Waals surface area contributed by atoms with Crippen LogP contribution in [0.2, 0.25) is 0 Å². The van der Waals surface area contributed by atoms with Gasteiger partial charge in [-0.15, -0.1) is 0 Å². The molecule has 0 unspecified atom stereocenters. The van der Waals surface area contributed by atoms with Gasteiger partial charge in [0.05, 0.1) is 5.69 Å². The summed E-state index contributed by atoms with van der Waals surface area (Å²) in [5.74, 6) is 1.53. The first-order chi connectivity index (χ1) is 12.1. The molecule has 0 saturated carbocycles. The van der Waals surface area contributed by atoms with E-state index in [0.717, 1.165) is 17.3 Å². The molecule has 0 radical (unpaired) electrons. The highest BCUT2D eigenvalue weighted by Gasteiger charge is 2.11. The van der Waals surface area contributed by atoms with Crippen molar-refractivity contribution in [3.05, 3.63) is 77.7 Å². The fourth-order valence-corrected chi connectivity index (χ4v) is 3.24. The van der Waals surface area contributed by atoms with Gasteiger partial charge in [-0.2, -0.15) is 10.2 Å². The third-order valence-corrected chi connectivity index (χ3v) is 4.22. The lowest BCUT2D eigenvalue weighted by atomic mass is 9.98. The summed E-state index contributed by atoms with van der Waals surface area (Å²) in [7, 11) is 0. The molecule has 0 amide bonds. The second-order valence-corrected chi connectivity index (χ2v) is 6.22. The van der Waals surface area contributed by atoms with Crippen LogP contribution in [0.5, 0.6) is 0 Å². The Bertz CT molecular complexity index is 1000. The summed E-state index contributed by atoms with van der Waals surface area (Å²) in [5.41, 5.74) is 5.89. The molecule has 0 bridgehead atoms. The molecule has 4 rings (SSSR count). The highest BCUT2D eigenvalue weighted by Crippen LogP contribution is 2.27. The highest BCUT2D eigenvalue weighted by molar-refractivity contribution is 5.68. The van der Waals surface area contributed by atoms with Crippen LogP contribution in [0.1, 0.15) is 16.7 Å². The van der Waals surface area contributed by atoms with Gasteiger partial charge in [0.15, 0.2) is 11.6 Å². The van der Waals surface area contributed by atoms with Crippen molar-refractivity contribution in [2.75, 3.05) is 0 Å². The predicted molar refractivity (Wildman–Crippen MR) is 98.1 cm³/mol. The second-order valence-electron chi connectivity index (χ2n) is 6.22. The van der Waals surface area contributed by atoms with E-state index in [1.165, 1.54) is 22.3 Å². The van der Waals surface area contributed by atoms with Crippen molar-refractivity contribution in [1.29, 1.82) is 0 Å². The fourth-order valence-electron chi connectivity index (χ4n) is 3.24. The van der Waals surface area contributed by atoms with Crippen molar-refractivity contribution < 1.29 is 0 Å². The first kappa shape index (κ1) is 15.3. The summed E-state index contributed by atoms with van der Waals surface area (Å²) >= 11 is 0. The van der Waals surface area contributed by atoms with E-state index in [1.807, 2.05) is 42.7 Å². The van der Waals surface area contributed by atoms with Gasteiger partial charge in [0, 0.05) is 24.2 Å². The minimum absolute atomic E-state index is 0.765. The zero-order chi connectivity index (χ0) is 17.4. The van der Waals surface area contributed by atoms with E-state index in [-0.39, 0.29) is 0 Å². The van der Waals surface area contributed by atoms with Crippen LogP contribution >= 0.6 is 0 Å². The molecule has 0 atom stereocenters. The third kappa shape index (κ3) is 2.85. The third-order valence-electron chi connectivity index (χ3n) is 4.22. The Kier molecular flexibility index (Phi) is 3.69. The number of aryl methyl sites for hydroxylation is 3. The molecule has 0 N–H and O–H groups in total. The van der Waals surface area contributed by atoms with Crippen LogP contribution in [-0.4, -0.2) is 24.5 Å². The van der Waals surface area contributed by atoms with Gasteiger partial charge in [-0.1, -0.05) is 23.8 Å². The maximum atomic E-state index is 4.75. The van der Waals surface area contributed by atoms with E-state index in [4.69, 9.17) is 5.10 Å². The Morgan fingerprint density at radius 3 is 2.20 bits per heavy atom. The van der Waals surface area contributed by atoms with Gasteiger partial charge in [-0.25, -0.2) is 14.3 Å². The van der Waals surface area contributed by atoms with Crippen LogP contribution in [0.4, 0.5) is 0 Å². The van der Waals surface area contributed by atoms with E-state index in [0.29, 0.717) is 0 Å². The number of pyridine rings is 1. The average Bonchev–Trinajstić information content (AvgIpc) is 3.26. The summed E-state index contributed by atoms with van der Waals surface area (Å²) in [6, 6.07) is 14.1. The van der Waals surface area contributed by atoms with Crippen LogP contribution in [-0.2, 0) is 0 Å². The van der Waals surface area contributed by atoms with Crippen molar-refractivity contribution in [2.24, 2.45) is 0 Å². The molecule has 1 aromatic carbocycles. The topological polar surface area (TPSA) is 48.5 Å². The van der Waals surface area contributed by atoms with Crippen LogP contribution < -0.4 is 0 Å². The molecule has 25 heavy (non-hydrogen) atoms. The van der Waals surface area contributed by atoms with Gasteiger partial charge >= 0.3 is 0 Å². The monoisotopic (exact) mass is 329 g/mol. The largest absolute Gasteiger partial charge is 0.223 e. The van der Waals surface area contributed by atoms with E-state index < -0.39 is 0 Å². The van der Waals surface area contributed by atoms with Gasteiger partial charge in [0.1, 0.15) is 0 Å². The molecule has 3 aromatic heterocycles. The second kappa shape index (κ2) is 6.02. The first-order valence-corrected chi connectivity index (χ1v) is 8.23. The Labute approximate surface area is 146 Å². The van der Waals surface area contributed by atoms with E-state index in [9.17, 15) is 0 Å². The number of nitrogens with zero attached hydrogens (tertiary/aromatic N) is 5. The molecule has 5 heteroatoms. The molecule has 0 aliphatic carbocycles. The number of rotatable bonds is 3. The van der Waals surface area contributed by atoms with Crippen molar-refractivity contribution in [1.82, 2.24) is 24.5 Å². The molecule has 124 valence electrons. The normalized spacial score (nSPS) is 11.0. The lowest BCUT2D eigenvalue weighted by Crippen LogP contribution is -2.04. The minimum Gasteiger partial charge on any atom is -0.223 e. The molecule has 0 fully saturated rings.